The van der Waals surface area contributed by atoms with E-state index in [-0.39, 0.29) is 44.7 Å². The number of aromatic amines is 1. The van der Waals surface area contributed by atoms with Gasteiger partial charge in [0, 0.05) is 78.9 Å². The fourth-order valence-corrected chi connectivity index (χ4v) is 13.9. The number of hydrogen-bond acceptors (Lipinski definition) is 13. The summed E-state index contributed by atoms with van der Waals surface area (Å²) in [6, 6.07) is 10.3. The molecule has 64 heavy (non-hydrogen) atoms. The number of amides is 1. The van der Waals surface area contributed by atoms with Crippen LogP contribution in [0.15, 0.2) is 48.6 Å². The molecule has 1 saturated carbocycles. The van der Waals surface area contributed by atoms with Gasteiger partial charge in [0.15, 0.2) is 5.60 Å². The van der Waals surface area contributed by atoms with Crippen molar-refractivity contribution in [3.63, 3.8) is 0 Å². The molecule has 2 aromatic carbocycles. The van der Waals surface area contributed by atoms with Gasteiger partial charge in [-0.1, -0.05) is 50.3 Å². The number of likely N-dealkylation sites (N-methyl/N-ethyl adjacent to an activating group) is 1. The van der Waals surface area contributed by atoms with Gasteiger partial charge in [0.2, 0.25) is 0 Å². The minimum Gasteiger partial charge on any atom is -0.467 e. The Balaban J connectivity index is 1.24. The number of esters is 1. The molecule has 8 N–H and O–H groups in total. The van der Waals surface area contributed by atoms with Crippen LogP contribution in [0.3, 0.4) is 0 Å². The molecule has 15 nitrogen and oxygen atoms in total. The highest BCUT2D eigenvalue weighted by Gasteiger charge is 2.78. The summed E-state index contributed by atoms with van der Waals surface area (Å²) in [7, 11) is 1.86. The van der Waals surface area contributed by atoms with Crippen molar-refractivity contribution < 1.29 is 44.3 Å². The lowest BCUT2D eigenvalue weighted by Gasteiger charge is -2.63. The number of aliphatic hydroxyl groups is 4. The number of benzene rings is 2. The molecule has 2 saturated heterocycles. The molecule has 3 unspecified atom stereocenters. The van der Waals surface area contributed by atoms with Gasteiger partial charge in [-0.15, -0.1) is 0 Å². The summed E-state index contributed by atoms with van der Waals surface area (Å²) < 4.78 is 11.2. The van der Waals surface area contributed by atoms with Gasteiger partial charge in [-0.25, -0.2) is 0 Å². The van der Waals surface area contributed by atoms with E-state index < -0.39 is 57.5 Å². The van der Waals surface area contributed by atoms with Crippen molar-refractivity contribution >= 4 is 34.9 Å². The molecule has 346 valence electrons. The number of nitrogens with zero attached hydrogens (tertiary/aromatic N) is 3. The van der Waals surface area contributed by atoms with Crippen LogP contribution in [0, 0.1) is 11.3 Å². The van der Waals surface area contributed by atoms with Crippen LogP contribution in [0.25, 0.3) is 10.9 Å². The second-order valence-electron chi connectivity index (χ2n) is 19.9. The number of rotatable bonds is 13. The van der Waals surface area contributed by atoms with Gasteiger partial charge in [-0.05, 0) is 98.7 Å². The Morgan fingerprint density at radius 2 is 1.89 bits per heavy atom. The van der Waals surface area contributed by atoms with Crippen molar-refractivity contribution in [1.29, 1.82) is 0 Å². The van der Waals surface area contributed by atoms with Crippen LogP contribution in [0.5, 0.6) is 0 Å². The zero-order chi connectivity index (χ0) is 45.4. The van der Waals surface area contributed by atoms with Crippen molar-refractivity contribution in [3.05, 3.63) is 76.5 Å². The number of nitrogens with two attached hydrogens (primary N) is 1. The minimum absolute atomic E-state index is 0.0151. The Hall–Kier alpha value is -4.35. The lowest BCUT2D eigenvalue weighted by molar-refractivity contribution is -0.203. The fraction of sp³-hybridized carbons (Fsp3) is 0.612. The number of carbonyl (C=O) groups is 3. The molecule has 1 spiro atoms. The van der Waals surface area contributed by atoms with Gasteiger partial charge in [-0.2, -0.15) is 0 Å². The number of fused-ring (bicyclic) bond motifs is 6. The lowest BCUT2D eigenvalue weighted by atomic mass is 9.47. The Morgan fingerprint density at radius 1 is 1.09 bits per heavy atom. The highest BCUT2D eigenvalue weighted by molar-refractivity contribution is 5.91. The second-order valence-corrected chi connectivity index (χ2v) is 19.9. The van der Waals surface area contributed by atoms with E-state index in [4.69, 9.17) is 15.2 Å². The molecule has 1 aromatic heterocycles. The topological polar surface area (TPSA) is 214 Å². The molecule has 1 amide bonds. The van der Waals surface area contributed by atoms with E-state index >= 15 is 0 Å². The van der Waals surface area contributed by atoms with Crippen molar-refractivity contribution in [1.82, 2.24) is 20.1 Å². The zero-order valence-electron chi connectivity index (χ0n) is 37.6. The quantitative estimate of drug-likeness (QED) is 0.0568. The van der Waals surface area contributed by atoms with Crippen molar-refractivity contribution in [2.45, 2.75) is 119 Å². The summed E-state index contributed by atoms with van der Waals surface area (Å²) >= 11 is 0. The molecule has 0 radical (unpaired) electrons. The highest BCUT2D eigenvalue weighted by atomic mass is 16.5. The Morgan fingerprint density at radius 3 is 2.62 bits per heavy atom. The number of aromatic nitrogens is 1. The normalized spacial score (nSPS) is 35.6. The molecular weight excluding hydrogens is 817 g/mol. The Kier molecular flexibility index (Phi) is 11.6. The maximum absolute atomic E-state index is 14.9. The third-order valence-electron chi connectivity index (χ3n) is 16.5. The van der Waals surface area contributed by atoms with E-state index in [0.717, 1.165) is 52.1 Å². The first-order chi connectivity index (χ1) is 30.7. The number of nitrogens with one attached hydrogen (secondary N) is 2. The van der Waals surface area contributed by atoms with E-state index in [1.807, 2.05) is 56.1 Å². The number of H-pyrrole nitrogens is 1. The smallest absolute Gasteiger partial charge is 0.322 e. The largest absolute Gasteiger partial charge is 0.467 e. The SMILES string of the molecule is CCC1(O)C[C@H]2C[N@](CCc3c([nH]c4ccccc34)[C@@](COC=O)(c3cc4c(cc3CO)N(C)C3[C@]45CCN4CC=C[C@](CC)(C45)[C@@H](O)[C@]3(O)C(=O)NCCCOC(=O)[C@H](C)N)C2)C1. The number of hydrogen-bond donors (Lipinski definition) is 7. The molecule has 11 atom stereocenters. The number of anilines is 1. The highest BCUT2D eigenvalue weighted by Crippen LogP contribution is 2.67. The molecule has 5 aliphatic heterocycles. The predicted octanol–water partition coefficient (Wildman–Crippen LogP) is 2.13. The predicted molar refractivity (Wildman–Crippen MR) is 240 cm³/mol. The molecule has 6 aliphatic rings. The maximum Gasteiger partial charge on any atom is 0.322 e. The van der Waals surface area contributed by atoms with Crippen LogP contribution >= 0.6 is 0 Å². The van der Waals surface area contributed by atoms with Gasteiger partial charge in [-0.3, -0.25) is 24.2 Å². The maximum atomic E-state index is 14.9. The number of aliphatic hydroxyl groups excluding tert-OH is 2. The van der Waals surface area contributed by atoms with Crippen LogP contribution in [-0.4, -0.2) is 149 Å². The third kappa shape index (κ3) is 6.50. The van der Waals surface area contributed by atoms with Gasteiger partial charge in [0.25, 0.3) is 12.4 Å². The van der Waals surface area contributed by atoms with Crippen molar-refractivity contribution in [3.8, 4) is 0 Å². The van der Waals surface area contributed by atoms with E-state index in [0.29, 0.717) is 70.2 Å². The number of piperidine rings is 1. The summed E-state index contributed by atoms with van der Waals surface area (Å²) in [5.41, 5.74) is 5.52. The van der Waals surface area contributed by atoms with Crippen LogP contribution in [0.4, 0.5) is 5.69 Å². The van der Waals surface area contributed by atoms with E-state index in [2.05, 4.69) is 38.3 Å². The lowest BCUT2D eigenvalue weighted by Crippen LogP contribution is -2.81. The van der Waals surface area contributed by atoms with Gasteiger partial charge in [0.1, 0.15) is 18.8 Å². The van der Waals surface area contributed by atoms with Crippen molar-refractivity contribution in [2.75, 3.05) is 64.4 Å². The molecular formula is C49H66N6O9. The standard InChI is InChI=1S/C49H66N6O9/c1-5-45(61)23-31-24-47(28-63-29-57,39-34(13-18-54(25-31)27-45)33-11-7-8-12-37(33)52-39)35-22-36-38(21-32(35)26-56)53(4)42-48(36)15-19-55-17-9-14-46(6-2,41(48)55)43(59)49(42,62)44(60)51-16-10-20-64-40(58)30(3)50/h7-9,11-12,14,21-22,29-31,41-43,52,56,59,61-62H,5-6,10,13,15-20,23-28,50H2,1-4H3,(H,51,60)/t30-,31+,41?,42?,43+,45?,46+,47-,48+,49-/m0/s1. The molecule has 2 bridgehead atoms. The Labute approximate surface area is 374 Å². The average Bonchev–Trinajstić information content (AvgIpc) is 3.95. The third-order valence-corrected chi connectivity index (χ3v) is 16.5. The molecule has 9 rings (SSSR count). The zero-order valence-corrected chi connectivity index (χ0v) is 37.6. The number of ether oxygens (including phenoxy) is 2. The first kappa shape index (κ1) is 44.8. The first-order valence-corrected chi connectivity index (χ1v) is 23.3. The Bertz CT molecular complexity index is 2340. The van der Waals surface area contributed by atoms with Gasteiger partial charge in [0.05, 0.1) is 30.3 Å². The fourth-order valence-electron chi connectivity index (χ4n) is 13.9. The van der Waals surface area contributed by atoms with Crippen molar-refractivity contribution in [2.24, 2.45) is 17.1 Å². The van der Waals surface area contributed by atoms with Gasteiger partial charge >= 0.3 is 5.97 Å². The van der Waals surface area contributed by atoms with Crippen LogP contribution in [0.1, 0.15) is 87.2 Å². The molecule has 1 aliphatic carbocycles. The average molecular weight is 883 g/mol. The summed E-state index contributed by atoms with van der Waals surface area (Å²) in [4.78, 5) is 49.9. The van der Waals surface area contributed by atoms with E-state index in [9.17, 15) is 34.8 Å². The van der Waals surface area contributed by atoms with Gasteiger partial charge < -0.3 is 50.8 Å². The first-order valence-electron chi connectivity index (χ1n) is 23.3. The summed E-state index contributed by atoms with van der Waals surface area (Å²) in [5, 5.41) is 53.7. The number of carbonyl (C=O) groups excluding carboxylic acids is 3. The molecule has 6 heterocycles. The molecule has 3 fully saturated rings. The second kappa shape index (κ2) is 16.5. The van der Waals surface area contributed by atoms with Crippen LogP contribution in [0.2, 0.25) is 0 Å². The van der Waals surface area contributed by atoms with Crippen LogP contribution in [-0.2, 0) is 47.7 Å². The molecule has 3 aromatic rings. The summed E-state index contributed by atoms with van der Waals surface area (Å²) in [6.07, 6.45) is 6.19. The van der Waals surface area contributed by atoms with E-state index in [1.54, 1.807) is 0 Å². The van der Waals surface area contributed by atoms with E-state index in [1.165, 1.54) is 6.92 Å². The van der Waals surface area contributed by atoms with Crippen LogP contribution < -0.4 is 16.0 Å². The monoisotopic (exact) mass is 882 g/mol. The molecule has 15 heteroatoms. The minimum atomic E-state index is -2.32. The number of para-hydroxylation sites is 1. The summed E-state index contributed by atoms with van der Waals surface area (Å²) in [5.74, 6) is -1.28. The summed E-state index contributed by atoms with van der Waals surface area (Å²) in [6.45, 7) is 9.14.